The monoisotopic (exact) mass is 329 g/mol. The van der Waals surface area contributed by atoms with Crippen LogP contribution in [0.25, 0.3) is 0 Å². The fourth-order valence-electron chi connectivity index (χ4n) is 3.15. The number of hydrogen-bond acceptors (Lipinski definition) is 3. The molecule has 2 aromatic carbocycles. The number of nitrogens with zero attached hydrogens (tertiary/aromatic N) is 1. The second-order valence-corrected chi connectivity index (χ2v) is 7.56. The van der Waals surface area contributed by atoms with Crippen LogP contribution in [0, 0.1) is 0 Å². The second-order valence-electron chi connectivity index (χ2n) is 6.44. The third-order valence-electron chi connectivity index (χ3n) is 4.57. The molecule has 1 aliphatic heterocycles. The van der Waals surface area contributed by atoms with Gasteiger partial charge in [-0.1, -0.05) is 42.1 Å². The molecule has 1 heterocycles. The maximum Gasteiger partial charge on any atom is 0.105 e. The van der Waals surface area contributed by atoms with Crippen molar-refractivity contribution < 1.29 is 9.59 Å². The van der Waals surface area contributed by atoms with Crippen molar-refractivity contribution in [1.82, 2.24) is 5.32 Å². The van der Waals surface area contributed by atoms with Crippen molar-refractivity contribution in [3.05, 3.63) is 59.7 Å². The van der Waals surface area contributed by atoms with Gasteiger partial charge in [0, 0.05) is 34.0 Å². The topological polar surface area (TPSA) is 32.3 Å². The summed E-state index contributed by atoms with van der Waals surface area (Å²) in [4.78, 5) is 2.37. The van der Waals surface area contributed by atoms with Crippen LogP contribution in [0.2, 0.25) is 0 Å². The number of piperazine rings is 1. The first kappa shape index (κ1) is 16.5. The second kappa shape index (κ2) is 7.49. The highest BCUT2D eigenvalue weighted by Crippen LogP contribution is 2.33. The lowest BCUT2D eigenvalue weighted by molar-refractivity contribution is -0.924. The van der Waals surface area contributed by atoms with Gasteiger partial charge in [0.1, 0.15) is 6.54 Å². The van der Waals surface area contributed by atoms with Crippen molar-refractivity contribution >= 4 is 11.8 Å². The SMILES string of the molecule is C[N+]1(Cc2cccc(Sc3ccccc3)c2CO)CCNCC1. The fraction of sp³-hybridized carbons (Fsp3) is 0.368. The van der Waals surface area contributed by atoms with Crippen molar-refractivity contribution in [2.45, 2.75) is 22.9 Å². The van der Waals surface area contributed by atoms with E-state index in [9.17, 15) is 5.11 Å². The molecular weight excluding hydrogens is 304 g/mol. The van der Waals surface area contributed by atoms with Crippen LogP contribution >= 0.6 is 11.8 Å². The van der Waals surface area contributed by atoms with E-state index in [1.165, 1.54) is 10.5 Å². The molecule has 1 aliphatic rings. The van der Waals surface area contributed by atoms with Crippen LogP contribution in [0.4, 0.5) is 0 Å². The van der Waals surface area contributed by atoms with Crippen LogP contribution < -0.4 is 5.32 Å². The van der Waals surface area contributed by atoms with Crippen molar-refractivity contribution in [1.29, 1.82) is 0 Å². The predicted molar refractivity (Wildman–Crippen MR) is 95.4 cm³/mol. The van der Waals surface area contributed by atoms with Crippen LogP contribution in [0.5, 0.6) is 0 Å². The summed E-state index contributed by atoms with van der Waals surface area (Å²) >= 11 is 1.73. The van der Waals surface area contributed by atoms with Crippen LogP contribution in [0.3, 0.4) is 0 Å². The number of likely N-dealkylation sites (N-methyl/N-ethyl adjacent to an activating group) is 1. The Morgan fingerprint density at radius 1 is 1.04 bits per heavy atom. The van der Waals surface area contributed by atoms with Crippen LogP contribution in [-0.2, 0) is 13.2 Å². The largest absolute Gasteiger partial charge is 0.392 e. The summed E-state index contributed by atoms with van der Waals surface area (Å²) in [5.74, 6) is 0. The zero-order valence-electron chi connectivity index (χ0n) is 13.7. The van der Waals surface area contributed by atoms with Crippen molar-refractivity contribution in [3.63, 3.8) is 0 Å². The Hall–Kier alpha value is -1.33. The number of quaternary nitrogens is 1. The molecule has 23 heavy (non-hydrogen) atoms. The van der Waals surface area contributed by atoms with Crippen LogP contribution in [0.15, 0.2) is 58.3 Å². The number of rotatable bonds is 5. The third kappa shape index (κ3) is 4.15. The minimum atomic E-state index is 0.101. The van der Waals surface area contributed by atoms with Crippen LogP contribution in [0.1, 0.15) is 11.1 Å². The maximum atomic E-state index is 9.96. The van der Waals surface area contributed by atoms with E-state index in [4.69, 9.17) is 0 Å². The molecule has 0 aromatic heterocycles. The molecule has 2 aromatic rings. The molecule has 0 bridgehead atoms. The number of aliphatic hydroxyl groups is 1. The molecule has 3 nitrogen and oxygen atoms in total. The minimum Gasteiger partial charge on any atom is -0.392 e. The summed E-state index contributed by atoms with van der Waals surface area (Å²) in [5, 5.41) is 13.4. The number of nitrogens with one attached hydrogen (secondary N) is 1. The van der Waals surface area contributed by atoms with Gasteiger partial charge in [-0.05, 0) is 18.2 Å². The van der Waals surface area contributed by atoms with Gasteiger partial charge >= 0.3 is 0 Å². The molecule has 3 rings (SSSR count). The first-order valence-corrected chi connectivity index (χ1v) is 9.01. The van der Waals surface area contributed by atoms with E-state index in [-0.39, 0.29) is 6.61 Å². The Balaban J connectivity index is 1.85. The predicted octanol–water partition coefficient (Wildman–Crippen LogP) is 2.88. The van der Waals surface area contributed by atoms with Gasteiger partial charge in [-0.15, -0.1) is 0 Å². The van der Waals surface area contributed by atoms with Crippen molar-refractivity contribution in [2.75, 3.05) is 33.2 Å². The zero-order chi connectivity index (χ0) is 16.1. The summed E-state index contributed by atoms with van der Waals surface area (Å²) in [6.45, 7) is 5.51. The van der Waals surface area contributed by atoms with Crippen molar-refractivity contribution in [3.8, 4) is 0 Å². The maximum absolute atomic E-state index is 9.96. The van der Waals surface area contributed by atoms with E-state index in [1.54, 1.807) is 11.8 Å². The van der Waals surface area contributed by atoms with Gasteiger partial charge < -0.3 is 14.9 Å². The minimum absolute atomic E-state index is 0.101. The van der Waals surface area contributed by atoms with Gasteiger partial charge in [0.25, 0.3) is 0 Å². The van der Waals surface area contributed by atoms with Gasteiger partial charge in [-0.25, -0.2) is 0 Å². The number of benzene rings is 2. The quantitative estimate of drug-likeness (QED) is 0.828. The summed E-state index contributed by atoms with van der Waals surface area (Å²) in [6, 6.07) is 16.8. The summed E-state index contributed by atoms with van der Waals surface area (Å²) < 4.78 is 1.04. The third-order valence-corrected chi connectivity index (χ3v) is 5.68. The molecule has 0 saturated carbocycles. The standard InChI is InChI=1S/C19H25N2OS/c1-21(12-10-20-11-13-21)14-16-6-5-9-19(18(16)15-22)23-17-7-3-2-4-8-17/h2-9,20,22H,10-15H2,1H3/q+1. The van der Waals surface area contributed by atoms with E-state index >= 15 is 0 Å². The summed E-state index contributed by atoms with van der Waals surface area (Å²) in [6.07, 6.45) is 0. The Bertz CT molecular complexity index is 639. The van der Waals surface area contributed by atoms with E-state index < -0.39 is 0 Å². The highest BCUT2D eigenvalue weighted by Gasteiger charge is 2.26. The average Bonchev–Trinajstić information content (AvgIpc) is 2.56. The Morgan fingerprint density at radius 2 is 1.78 bits per heavy atom. The highest BCUT2D eigenvalue weighted by molar-refractivity contribution is 7.99. The zero-order valence-corrected chi connectivity index (χ0v) is 14.5. The Kier molecular flexibility index (Phi) is 5.38. The first-order chi connectivity index (χ1) is 11.2. The molecule has 4 heteroatoms. The van der Waals surface area contributed by atoms with E-state index in [1.807, 2.05) is 6.07 Å². The van der Waals surface area contributed by atoms with Gasteiger partial charge in [-0.3, -0.25) is 0 Å². The highest BCUT2D eigenvalue weighted by atomic mass is 32.2. The molecule has 0 spiro atoms. The van der Waals surface area contributed by atoms with Gasteiger partial charge in [0.15, 0.2) is 0 Å². The summed E-state index contributed by atoms with van der Waals surface area (Å²) in [7, 11) is 2.32. The van der Waals surface area contributed by atoms with Crippen molar-refractivity contribution in [2.24, 2.45) is 0 Å². The van der Waals surface area contributed by atoms with Crippen LogP contribution in [-0.4, -0.2) is 42.8 Å². The molecule has 1 saturated heterocycles. The van der Waals surface area contributed by atoms with Gasteiger partial charge in [0.2, 0.25) is 0 Å². The Morgan fingerprint density at radius 3 is 2.48 bits per heavy atom. The molecule has 0 amide bonds. The van der Waals surface area contributed by atoms with Gasteiger partial charge in [-0.2, -0.15) is 0 Å². The lowest BCUT2D eigenvalue weighted by Crippen LogP contribution is -2.55. The number of hydrogen-bond donors (Lipinski definition) is 2. The first-order valence-electron chi connectivity index (χ1n) is 8.19. The van der Waals surface area contributed by atoms with Gasteiger partial charge in [0.05, 0.1) is 26.7 Å². The average molecular weight is 329 g/mol. The molecule has 0 atom stereocenters. The van der Waals surface area contributed by atoms with E-state index in [0.717, 1.165) is 47.7 Å². The molecule has 0 unspecified atom stereocenters. The summed E-state index contributed by atoms with van der Waals surface area (Å²) in [5.41, 5.74) is 2.36. The molecular formula is C19H25N2OS+. The smallest absolute Gasteiger partial charge is 0.105 e. The lowest BCUT2D eigenvalue weighted by atomic mass is 10.1. The van der Waals surface area contributed by atoms with E-state index in [0.29, 0.717) is 0 Å². The molecule has 1 fully saturated rings. The Labute approximate surface area is 142 Å². The molecule has 122 valence electrons. The molecule has 0 radical (unpaired) electrons. The van der Waals surface area contributed by atoms with E-state index in [2.05, 4.69) is 54.8 Å². The fourth-order valence-corrected chi connectivity index (χ4v) is 4.17. The normalized spacial score (nSPS) is 17.1. The molecule has 2 N–H and O–H groups in total. The number of aliphatic hydroxyl groups excluding tert-OH is 1. The lowest BCUT2D eigenvalue weighted by Gasteiger charge is -2.38. The molecule has 0 aliphatic carbocycles.